The van der Waals surface area contributed by atoms with Crippen molar-refractivity contribution in [3.63, 3.8) is 0 Å². The number of nitrogens with one attached hydrogen (secondary N) is 1. The van der Waals surface area contributed by atoms with Crippen molar-refractivity contribution in [2.24, 2.45) is 0 Å². The third-order valence-corrected chi connectivity index (χ3v) is 1.00. The van der Waals surface area contributed by atoms with Crippen LogP contribution >= 0.6 is 0 Å². The Morgan fingerprint density at radius 3 is 2.44 bits per heavy atom. The van der Waals surface area contributed by atoms with E-state index in [1.807, 2.05) is 6.92 Å². The second-order valence-corrected chi connectivity index (χ2v) is 1.69. The Morgan fingerprint density at radius 2 is 2.33 bits per heavy atom. The van der Waals surface area contributed by atoms with E-state index >= 15 is 0 Å². The van der Waals surface area contributed by atoms with Gasteiger partial charge in [0.05, 0.1) is 11.7 Å². The molecule has 0 heterocycles. The van der Waals surface area contributed by atoms with Crippen molar-refractivity contribution in [1.29, 1.82) is 0 Å². The molecule has 9 heavy (non-hydrogen) atoms. The van der Waals surface area contributed by atoms with E-state index in [0.717, 1.165) is 0 Å². The van der Waals surface area contributed by atoms with Crippen LogP contribution in [0.1, 0.15) is 6.92 Å². The average molecular weight is 123 g/mol. The Hall–Kier alpha value is -0.565. The van der Waals surface area contributed by atoms with Crippen molar-refractivity contribution in [3.8, 4) is 0 Å². The fourth-order valence-electron chi connectivity index (χ4n) is 0.526. The van der Waals surface area contributed by atoms with Crippen LogP contribution in [0, 0.1) is 0 Å². The molecular formula is C6H10BNO. The van der Waals surface area contributed by atoms with Crippen LogP contribution in [-0.2, 0) is 4.79 Å². The molecule has 0 aromatic heterocycles. The average Bonchev–Trinajstić information content (AvgIpc) is 1.82. The molecule has 0 aliphatic heterocycles. The molecule has 1 atom stereocenters. The van der Waals surface area contributed by atoms with Gasteiger partial charge in [0, 0.05) is 0 Å². The molecule has 0 aliphatic carbocycles. The van der Waals surface area contributed by atoms with Crippen LogP contribution in [0.3, 0.4) is 0 Å². The number of carbonyl (C=O) groups is 1. The van der Waals surface area contributed by atoms with E-state index in [-0.39, 0.29) is 11.7 Å². The van der Waals surface area contributed by atoms with Gasteiger partial charge in [-0.25, -0.2) is 0 Å². The lowest BCUT2D eigenvalue weighted by molar-refractivity contribution is -0.112. The number of hydrogen-bond donors (Lipinski definition) is 1. The third-order valence-electron chi connectivity index (χ3n) is 1.00. The van der Waals surface area contributed by atoms with Gasteiger partial charge in [-0.2, -0.15) is 0 Å². The van der Waals surface area contributed by atoms with Crippen molar-refractivity contribution >= 4 is 13.5 Å². The van der Waals surface area contributed by atoms with Gasteiger partial charge in [-0.05, 0) is 14.0 Å². The first-order valence-corrected chi connectivity index (χ1v) is 2.81. The minimum absolute atomic E-state index is 0.324. The number of likely N-dealkylation sites (N-methyl/N-ethyl adjacent to an activating group) is 1. The molecule has 0 spiro atoms. The van der Waals surface area contributed by atoms with Crippen LogP contribution < -0.4 is 5.32 Å². The Balaban J connectivity index is 3.83. The summed E-state index contributed by atoms with van der Waals surface area (Å²) in [5.41, 5.74) is -0.351. The van der Waals surface area contributed by atoms with Gasteiger partial charge in [-0.15, -0.1) is 0 Å². The molecule has 1 N–H and O–H groups in total. The first-order valence-electron chi connectivity index (χ1n) is 2.81. The molecule has 2 nitrogen and oxygen atoms in total. The van der Waals surface area contributed by atoms with Crippen molar-refractivity contribution in [2.75, 3.05) is 7.05 Å². The first-order chi connectivity index (χ1) is 4.22. The predicted octanol–water partition coefficient (Wildman–Crippen LogP) is -0.154. The molecule has 2 radical (unpaired) electrons. The Kier molecular flexibility index (Phi) is 4.06. The molecule has 0 fully saturated rings. The predicted molar refractivity (Wildman–Crippen MR) is 38.4 cm³/mol. The number of carbonyl (C=O) groups excluding carboxylic acids is 1. The van der Waals surface area contributed by atoms with E-state index in [1.54, 1.807) is 19.2 Å². The van der Waals surface area contributed by atoms with Crippen LogP contribution in [0.15, 0.2) is 12.2 Å². The summed E-state index contributed by atoms with van der Waals surface area (Å²) in [6.07, 6.45) is 3.49. The quantitative estimate of drug-likeness (QED) is 0.417. The molecule has 0 amide bonds. The minimum Gasteiger partial charge on any atom is -0.311 e. The van der Waals surface area contributed by atoms with Crippen LogP contribution in [0.5, 0.6) is 0 Å². The lowest BCUT2D eigenvalue weighted by atomic mass is 9.95. The summed E-state index contributed by atoms with van der Waals surface area (Å²) in [5, 5.41) is 2.74. The number of rotatable bonds is 3. The van der Waals surface area contributed by atoms with Gasteiger partial charge in [0.2, 0.25) is 0 Å². The summed E-state index contributed by atoms with van der Waals surface area (Å²) >= 11 is 0. The maximum atomic E-state index is 10.4. The minimum atomic E-state index is -0.351. The van der Waals surface area contributed by atoms with Crippen LogP contribution in [0.2, 0.25) is 0 Å². The van der Waals surface area contributed by atoms with Crippen LogP contribution in [-0.4, -0.2) is 26.6 Å². The highest BCUT2D eigenvalue weighted by atomic mass is 16.1. The maximum absolute atomic E-state index is 10.4. The van der Waals surface area contributed by atoms with Crippen LogP contribution in [0.25, 0.3) is 0 Å². The summed E-state index contributed by atoms with van der Waals surface area (Å²) in [7, 11) is 6.67. The Labute approximate surface area is 56.7 Å². The molecule has 3 heteroatoms. The summed E-state index contributed by atoms with van der Waals surface area (Å²) in [4.78, 5) is 10.4. The van der Waals surface area contributed by atoms with Gasteiger partial charge in [-0.1, -0.05) is 12.2 Å². The standard InChI is InChI=1S/C6H10BNO/c1-3-4-5(8-2)6(7)9/h3-5,8H,1-2H3/b4-3+. The third kappa shape index (κ3) is 3.09. The lowest BCUT2D eigenvalue weighted by Gasteiger charge is -2.05. The Bertz CT molecular complexity index is 122. The fourth-order valence-corrected chi connectivity index (χ4v) is 0.526. The fraction of sp³-hybridized carbons (Fsp3) is 0.500. The summed E-state index contributed by atoms with van der Waals surface area (Å²) in [5.74, 6) is 0. The molecule has 0 bridgehead atoms. The van der Waals surface area contributed by atoms with E-state index in [1.165, 1.54) is 0 Å². The van der Waals surface area contributed by atoms with Crippen molar-refractivity contribution < 1.29 is 4.79 Å². The smallest absolute Gasteiger partial charge is 0.170 e. The number of allylic oxidation sites excluding steroid dienone is 1. The maximum Gasteiger partial charge on any atom is 0.170 e. The van der Waals surface area contributed by atoms with Gasteiger partial charge in [0.25, 0.3) is 0 Å². The van der Waals surface area contributed by atoms with Gasteiger partial charge in [0.15, 0.2) is 7.85 Å². The topological polar surface area (TPSA) is 29.1 Å². The zero-order valence-corrected chi connectivity index (χ0v) is 5.72. The largest absolute Gasteiger partial charge is 0.311 e. The summed E-state index contributed by atoms with van der Waals surface area (Å²) in [6, 6.07) is -0.324. The van der Waals surface area contributed by atoms with Gasteiger partial charge in [0.1, 0.15) is 0 Å². The van der Waals surface area contributed by atoms with Crippen LogP contribution in [0.4, 0.5) is 0 Å². The molecule has 0 saturated carbocycles. The monoisotopic (exact) mass is 123 g/mol. The van der Waals surface area contributed by atoms with E-state index in [4.69, 9.17) is 7.85 Å². The van der Waals surface area contributed by atoms with E-state index in [0.29, 0.717) is 0 Å². The lowest BCUT2D eigenvalue weighted by Crippen LogP contribution is -2.31. The normalized spacial score (nSPS) is 14.0. The van der Waals surface area contributed by atoms with Gasteiger partial charge < -0.3 is 10.1 Å². The van der Waals surface area contributed by atoms with E-state index < -0.39 is 0 Å². The van der Waals surface area contributed by atoms with E-state index in [2.05, 4.69) is 5.32 Å². The molecular weight excluding hydrogens is 113 g/mol. The second-order valence-electron chi connectivity index (χ2n) is 1.69. The zero-order chi connectivity index (χ0) is 7.28. The zero-order valence-electron chi connectivity index (χ0n) is 5.72. The molecule has 0 aromatic carbocycles. The number of hydrogen-bond acceptors (Lipinski definition) is 2. The summed E-state index contributed by atoms with van der Waals surface area (Å²) in [6.45, 7) is 1.84. The summed E-state index contributed by atoms with van der Waals surface area (Å²) < 4.78 is 0. The second kappa shape index (κ2) is 4.33. The molecule has 0 rings (SSSR count). The molecule has 0 aliphatic rings. The van der Waals surface area contributed by atoms with Crippen molar-refractivity contribution in [1.82, 2.24) is 5.32 Å². The molecule has 1 unspecified atom stereocenters. The van der Waals surface area contributed by atoms with E-state index in [9.17, 15) is 4.79 Å². The van der Waals surface area contributed by atoms with Gasteiger partial charge >= 0.3 is 0 Å². The van der Waals surface area contributed by atoms with Gasteiger partial charge in [-0.3, -0.25) is 0 Å². The molecule has 48 valence electrons. The highest BCUT2D eigenvalue weighted by molar-refractivity contribution is 6.59. The van der Waals surface area contributed by atoms with Crippen molar-refractivity contribution in [3.05, 3.63) is 12.2 Å². The molecule has 0 saturated heterocycles. The van der Waals surface area contributed by atoms with Crippen molar-refractivity contribution in [2.45, 2.75) is 13.0 Å². The Morgan fingerprint density at radius 1 is 1.78 bits per heavy atom. The highest BCUT2D eigenvalue weighted by Crippen LogP contribution is 1.83. The highest BCUT2D eigenvalue weighted by Gasteiger charge is 2.03. The molecule has 0 aromatic rings. The first kappa shape index (κ1) is 8.43. The SMILES string of the molecule is [B]C(=O)C(/C=C/C)NC.